The summed E-state index contributed by atoms with van der Waals surface area (Å²) in [6.07, 6.45) is 5.08. The minimum Gasteiger partial charge on any atom is -0.440 e. The Balaban J connectivity index is 1.30. The van der Waals surface area contributed by atoms with Gasteiger partial charge in [-0.05, 0) is 43.4 Å². The summed E-state index contributed by atoms with van der Waals surface area (Å²) in [6.45, 7) is 1.85. The van der Waals surface area contributed by atoms with Crippen molar-refractivity contribution in [3.63, 3.8) is 0 Å². The molecule has 4 amide bonds. The third-order valence-electron chi connectivity index (χ3n) is 7.07. The molecule has 5 rings (SSSR count). The number of hydrogen-bond acceptors (Lipinski definition) is 6. The Labute approximate surface area is 192 Å². The number of amides is 4. The number of nitrogens with one attached hydrogen (secondary N) is 3. The Hall–Kier alpha value is -2.85. The van der Waals surface area contributed by atoms with E-state index in [1.54, 1.807) is 12.1 Å². The van der Waals surface area contributed by atoms with Crippen molar-refractivity contribution in [2.24, 2.45) is 0 Å². The second-order valence-corrected chi connectivity index (χ2v) is 9.18. The molecule has 2 saturated heterocycles. The van der Waals surface area contributed by atoms with E-state index in [9.17, 15) is 14.4 Å². The minimum absolute atomic E-state index is 0.0162. The first-order valence-electron chi connectivity index (χ1n) is 11.7. The molecule has 1 aliphatic carbocycles. The van der Waals surface area contributed by atoms with Gasteiger partial charge >= 0.3 is 12.1 Å². The summed E-state index contributed by atoms with van der Waals surface area (Å²) in [6, 6.07) is 4.94. The van der Waals surface area contributed by atoms with Crippen LogP contribution in [0.25, 0.3) is 0 Å². The van der Waals surface area contributed by atoms with Crippen LogP contribution in [0.1, 0.15) is 50.5 Å². The lowest BCUT2D eigenvalue weighted by Crippen LogP contribution is -2.55. The lowest BCUT2D eigenvalue weighted by Gasteiger charge is -2.35. The number of urea groups is 1. The summed E-state index contributed by atoms with van der Waals surface area (Å²) >= 11 is 0. The Kier molecular flexibility index (Phi) is 6.11. The van der Waals surface area contributed by atoms with Crippen molar-refractivity contribution in [1.29, 1.82) is 0 Å². The van der Waals surface area contributed by atoms with Gasteiger partial charge < -0.3 is 24.8 Å². The molecule has 0 atom stereocenters. The van der Waals surface area contributed by atoms with Crippen molar-refractivity contribution in [2.45, 2.75) is 62.5 Å². The van der Waals surface area contributed by atoms with Gasteiger partial charge in [0.15, 0.2) is 6.10 Å². The molecule has 178 valence electrons. The molecule has 0 unspecified atom stereocenters. The van der Waals surface area contributed by atoms with Crippen molar-refractivity contribution < 1.29 is 28.6 Å². The van der Waals surface area contributed by atoms with Gasteiger partial charge in [-0.2, -0.15) is 0 Å². The number of carbonyl (C=O) groups excluding carboxylic acids is 3. The highest BCUT2D eigenvalue weighted by Gasteiger charge is 2.47. The molecule has 10 nitrogen and oxygen atoms in total. The molecule has 3 aliphatic heterocycles. The fraction of sp³-hybridized carbons (Fsp3) is 0.609. The van der Waals surface area contributed by atoms with Crippen LogP contribution in [0.15, 0.2) is 18.2 Å². The van der Waals surface area contributed by atoms with Crippen LogP contribution < -0.4 is 16.1 Å². The number of nitrogens with zero attached hydrogens (tertiary/aromatic N) is 1. The predicted octanol–water partition coefficient (Wildman–Crippen LogP) is 2.89. The van der Waals surface area contributed by atoms with Gasteiger partial charge in [-0.3, -0.25) is 4.79 Å². The summed E-state index contributed by atoms with van der Waals surface area (Å²) < 4.78 is 15.8. The maximum Gasteiger partial charge on any atom is 0.426 e. The minimum atomic E-state index is -0.660. The SMILES string of the molecule is O=C(NN(C(=O)Nc1ccc2c(c1)NC(=O)C21CCOCC1)C1CCCCC1)OC1COC1. The quantitative estimate of drug-likeness (QED) is 0.600. The number of fused-ring (bicyclic) bond motifs is 2. The van der Waals surface area contributed by atoms with Gasteiger partial charge in [0, 0.05) is 24.6 Å². The highest BCUT2D eigenvalue weighted by Crippen LogP contribution is 2.45. The van der Waals surface area contributed by atoms with E-state index >= 15 is 0 Å². The molecular formula is C23H30N4O6. The van der Waals surface area contributed by atoms with E-state index in [4.69, 9.17) is 14.2 Å². The molecule has 1 saturated carbocycles. The molecule has 33 heavy (non-hydrogen) atoms. The summed E-state index contributed by atoms with van der Waals surface area (Å²) in [7, 11) is 0. The molecule has 1 spiro atoms. The maximum atomic E-state index is 13.2. The lowest BCUT2D eigenvalue weighted by atomic mass is 9.75. The van der Waals surface area contributed by atoms with Gasteiger partial charge in [0.25, 0.3) is 0 Å². The highest BCUT2D eigenvalue weighted by atomic mass is 16.6. The van der Waals surface area contributed by atoms with Crippen LogP contribution >= 0.6 is 0 Å². The fourth-order valence-corrected chi connectivity index (χ4v) is 5.11. The van der Waals surface area contributed by atoms with E-state index in [1.807, 2.05) is 6.07 Å². The first kappa shape index (κ1) is 22.0. The molecule has 0 bridgehead atoms. The largest absolute Gasteiger partial charge is 0.440 e. The molecule has 0 radical (unpaired) electrons. The van der Waals surface area contributed by atoms with E-state index in [1.165, 1.54) is 5.01 Å². The topological polar surface area (TPSA) is 118 Å². The van der Waals surface area contributed by atoms with E-state index < -0.39 is 17.5 Å². The standard InChI is InChI=1S/C23H30N4O6/c28-20-23(8-10-31-11-9-23)18-7-6-15(12-19(18)25-20)24-21(29)27(16-4-2-1-3-5-16)26-22(30)33-17-13-32-14-17/h6-7,12,16-17H,1-5,8-11,13-14H2,(H,24,29)(H,25,28)(H,26,30). The van der Waals surface area contributed by atoms with Crippen molar-refractivity contribution in [3.8, 4) is 0 Å². The average Bonchev–Trinajstić information content (AvgIpc) is 3.05. The molecule has 0 aromatic heterocycles. The first-order valence-corrected chi connectivity index (χ1v) is 11.7. The van der Waals surface area contributed by atoms with E-state index in [0.29, 0.717) is 50.6 Å². The van der Waals surface area contributed by atoms with Crippen LogP contribution in [0.4, 0.5) is 21.0 Å². The lowest BCUT2D eigenvalue weighted by molar-refractivity contribution is -0.124. The van der Waals surface area contributed by atoms with Crippen molar-refractivity contribution >= 4 is 29.4 Å². The van der Waals surface area contributed by atoms with Crippen molar-refractivity contribution in [1.82, 2.24) is 10.4 Å². The van der Waals surface area contributed by atoms with Crippen LogP contribution in [0, 0.1) is 0 Å². The van der Waals surface area contributed by atoms with Crippen LogP contribution in [0.3, 0.4) is 0 Å². The van der Waals surface area contributed by atoms with E-state index in [-0.39, 0.29) is 18.1 Å². The van der Waals surface area contributed by atoms with Gasteiger partial charge in [0.1, 0.15) is 0 Å². The van der Waals surface area contributed by atoms with Gasteiger partial charge in [0.2, 0.25) is 5.91 Å². The number of ether oxygens (including phenoxy) is 3. The third kappa shape index (κ3) is 4.37. The Morgan fingerprint density at radius 3 is 2.55 bits per heavy atom. The van der Waals surface area contributed by atoms with E-state index in [2.05, 4.69) is 16.1 Å². The van der Waals surface area contributed by atoms with Gasteiger partial charge in [-0.25, -0.2) is 20.0 Å². The van der Waals surface area contributed by atoms with Gasteiger partial charge in [-0.1, -0.05) is 25.3 Å². The molecular weight excluding hydrogens is 428 g/mol. The molecule has 3 N–H and O–H groups in total. The smallest absolute Gasteiger partial charge is 0.426 e. The summed E-state index contributed by atoms with van der Waals surface area (Å²) in [4.78, 5) is 38.3. The van der Waals surface area contributed by atoms with Gasteiger partial charge in [-0.15, -0.1) is 0 Å². The number of carbonyl (C=O) groups is 3. The highest BCUT2D eigenvalue weighted by molar-refractivity contribution is 6.07. The monoisotopic (exact) mass is 458 g/mol. The summed E-state index contributed by atoms with van der Waals surface area (Å²) in [5.41, 5.74) is 4.28. The molecule has 10 heteroatoms. The van der Waals surface area contributed by atoms with Crippen molar-refractivity contribution in [3.05, 3.63) is 23.8 Å². The maximum absolute atomic E-state index is 13.2. The second kappa shape index (κ2) is 9.18. The Bertz CT molecular complexity index is 922. The van der Waals surface area contributed by atoms with Crippen LogP contribution in [-0.2, 0) is 24.4 Å². The number of anilines is 2. The van der Waals surface area contributed by atoms with E-state index in [0.717, 1.165) is 37.7 Å². The summed E-state index contributed by atoms with van der Waals surface area (Å²) in [5.74, 6) is -0.0162. The third-order valence-corrected chi connectivity index (χ3v) is 7.07. The number of hydrogen-bond donors (Lipinski definition) is 3. The molecule has 1 aromatic carbocycles. The van der Waals surface area contributed by atoms with Crippen LogP contribution in [0.2, 0.25) is 0 Å². The number of benzene rings is 1. The Morgan fingerprint density at radius 1 is 1.09 bits per heavy atom. The zero-order chi connectivity index (χ0) is 22.8. The zero-order valence-electron chi connectivity index (χ0n) is 18.6. The fourth-order valence-electron chi connectivity index (χ4n) is 5.11. The van der Waals surface area contributed by atoms with Gasteiger partial charge in [0.05, 0.1) is 24.7 Å². The molecule has 4 aliphatic rings. The Morgan fingerprint density at radius 2 is 1.85 bits per heavy atom. The zero-order valence-corrected chi connectivity index (χ0v) is 18.6. The van der Waals surface area contributed by atoms with Crippen LogP contribution in [-0.4, -0.2) is 61.6 Å². The number of hydrazine groups is 1. The van der Waals surface area contributed by atoms with Crippen molar-refractivity contribution in [2.75, 3.05) is 37.1 Å². The number of rotatable bonds is 3. The normalized spacial score (nSPS) is 22.1. The molecule has 3 fully saturated rings. The molecule has 1 aromatic rings. The van der Waals surface area contributed by atoms with Crippen LogP contribution in [0.5, 0.6) is 0 Å². The molecule has 3 heterocycles. The summed E-state index contributed by atoms with van der Waals surface area (Å²) in [5, 5.41) is 7.20. The average molecular weight is 459 g/mol. The first-order chi connectivity index (χ1) is 16.0. The predicted molar refractivity (Wildman–Crippen MR) is 119 cm³/mol. The second-order valence-electron chi connectivity index (χ2n) is 9.18.